The minimum atomic E-state index is 0.142. The first-order valence-corrected chi connectivity index (χ1v) is 9.34. The summed E-state index contributed by atoms with van der Waals surface area (Å²) in [6, 6.07) is 18.1. The smallest absolute Gasteiger partial charge is 0.196 e. The van der Waals surface area contributed by atoms with Gasteiger partial charge >= 0.3 is 0 Å². The van der Waals surface area contributed by atoms with Gasteiger partial charge in [-0.15, -0.1) is 0 Å². The monoisotopic (exact) mass is 359 g/mol. The third-order valence-corrected chi connectivity index (χ3v) is 4.95. The molecule has 1 saturated heterocycles. The van der Waals surface area contributed by atoms with Gasteiger partial charge in [0, 0.05) is 24.0 Å². The number of morpholine rings is 1. The van der Waals surface area contributed by atoms with Crippen molar-refractivity contribution >= 4 is 27.9 Å². The Labute approximate surface area is 157 Å². The standard InChI is InChI=1S/C22H21N3O2/c1-14-12-25(13-15(2)26-14)22-20-19(17-10-6-7-11-18(17)27-20)23-21(24-22)16-8-4-3-5-9-16/h3-11,14-15H,12-13H2,1-2H3. The molecule has 3 heterocycles. The van der Waals surface area contributed by atoms with Crippen molar-refractivity contribution in [1.29, 1.82) is 0 Å². The van der Waals surface area contributed by atoms with E-state index in [-0.39, 0.29) is 12.2 Å². The van der Waals surface area contributed by atoms with Crippen molar-refractivity contribution < 1.29 is 9.15 Å². The van der Waals surface area contributed by atoms with E-state index >= 15 is 0 Å². The first-order chi connectivity index (χ1) is 13.2. The summed E-state index contributed by atoms with van der Waals surface area (Å²) < 4.78 is 12.1. The molecular weight excluding hydrogens is 338 g/mol. The fourth-order valence-electron chi connectivity index (χ4n) is 3.86. The Morgan fingerprint density at radius 2 is 1.59 bits per heavy atom. The second-order valence-corrected chi connectivity index (χ2v) is 7.18. The molecule has 5 rings (SSSR count). The minimum Gasteiger partial charge on any atom is -0.450 e. The third kappa shape index (κ3) is 2.84. The van der Waals surface area contributed by atoms with Gasteiger partial charge in [0.05, 0.1) is 12.2 Å². The maximum absolute atomic E-state index is 6.19. The Morgan fingerprint density at radius 3 is 2.37 bits per heavy atom. The van der Waals surface area contributed by atoms with Crippen LogP contribution >= 0.6 is 0 Å². The topological polar surface area (TPSA) is 51.4 Å². The molecule has 0 saturated carbocycles. The molecule has 0 bridgehead atoms. The predicted molar refractivity (Wildman–Crippen MR) is 107 cm³/mol. The highest BCUT2D eigenvalue weighted by Crippen LogP contribution is 2.35. The fourth-order valence-corrected chi connectivity index (χ4v) is 3.86. The summed E-state index contributed by atoms with van der Waals surface area (Å²) >= 11 is 0. The molecule has 1 fully saturated rings. The Bertz CT molecular complexity index is 1100. The Hall–Kier alpha value is -2.92. The predicted octanol–water partition coefficient (Wildman–Crippen LogP) is 4.66. The van der Waals surface area contributed by atoms with Crippen molar-refractivity contribution in [3.05, 3.63) is 54.6 Å². The zero-order chi connectivity index (χ0) is 18.4. The van der Waals surface area contributed by atoms with Gasteiger partial charge in [-0.2, -0.15) is 0 Å². The van der Waals surface area contributed by atoms with Crippen LogP contribution < -0.4 is 4.90 Å². The number of aromatic nitrogens is 2. The van der Waals surface area contributed by atoms with Crippen molar-refractivity contribution in [2.45, 2.75) is 26.1 Å². The molecule has 2 aromatic carbocycles. The van der Waals surface area contributed by atoms with Gasteiger partial charge in [-0.1, -0.05) is 42.5 Å². The summed E-state index contributed by atoms with van der Waals surface area (Å²) in [5.74, 6) is 1.56. The number of furan rings is 1. The van der Waals surface area contributed by atoms with Crippen LogP contribution in [0, 0.1) is 0 Å². The molecule has 5 nitrogen and oxygen atoms in total. The van der Waals surface area contributed by atoms with E-state index in [0.29, 0.717) is 0 Å². The quantitative estimate of drug-likeness (QED) is 0.521. The van der Waals surface area contributed by atoms with Crippen LogP contribution in [0.15, 0.2) is 59.0 Å². The van der Waals surface area contributed by atoms with E-state index in [9.17, 15) is 0 Å². The van der Waals surface area contributed by atoms with Gasteiger partial charge in [0.2, 0.25) is 0 Å². The second-order valence-electron chi connectivity index (χ2n) is 7.18. The number of rotatable bonds is 2. The highest BCUT2D eigenvalue weighted by Gasteiger charge is 2.27. The molecule has 0 N–H and O–H groups in total. The van der Waals surface area contributed by atoms with Gasteiger partial charge < -0.3 is 14.1 Å². The summed E-state index contributed by atoms with van der Waals surface area (Å²) in [5, 5.41) is 1.02. The van der Waals surface area contributed by atoms with E-state index in [2.05, 4.69) is 24.8 Å². The molecule has 27 heavy (non-hydrogen) atoms. The Balaban J connectivity index is 1.77. The molecule has 0 aliphatic carbocycles. The summed E-state index contributed by atoms with van der Waals surface area (Å²) in [6.45, 7) is 5.75. The molecule has 4 aromatic rings. The lowest BCUT2D eigenvalue weighted by atomic mass is 10.2. The highest BCUT2D eigenvalue weighted by atomic mass is 16.5. The van der Waals surface area contributed by atoms with Gasteiger partial charge in [-0.3, -0.25) is 0 Å². The van der Waals surface area contributed by atoms with Crippen LogP contribution in [-0.4, -0.2) is 35.3 Å². The average molecular weight is 359 g/mol. The van der Waals surface area contributed by atoms with E-state index < -0.39 is 0 Å². The lowest BCUT2D eigenvalue weighted by Crippen LogP contribution is -2.46. The Morgan fingerprint density at radius 1 is 0.889 bits per heavy atom. The molecule has 2 aromatic heterocycles. The van der Waals surface area contributed by atoms with Gasteiger partial charge in [-0.25, -0.2) is 9.97 Å². The second kappa shape index (κ2) is 6.35. The van der Waals surface area contributed by atoms with E-state index in [1.807, 2.05) is 48.5 Å². The lowest BCUT2D eigenvalue weighted by Gasteiger charge is -2.36. The number of para-hydroxylation sites is 1. The summed E-state index contributed by atoms with van der Waals surface area (Å²) in [4.78, 5) is 12.1. The Kier molecular flexibility index (Phi) is 3.83. The number of fused-ring (bicyclic) bond motifs is 3. The van der Waals surface area contributed by atoms with E-state index in [1.165, 1.54) is 0 Å². The van der Waals surface area contributed by atoms with Gasteiger partial charge in [0.1, 0.15) is 11.1 Å². The van der Waals surface area contributed by atoms with E-state index in [0.717, 1.165) is 52.4 Å². The average Bonchev–Trinajstić information content (AvgIpc) is 3.06. The summed E-state index contributed by atoms with van der Waals surface area (Å²) in [6.07, 6.45) is 0.284. The number of hydrogen-bond donors (Lipinski definition) is 0. The molecular formula is C22H21N3O2. The van der Waals surface area contributed by atoms with Gasteiger partial charge in [0.25, 0.3) is 0 Å². The third-order valence-electron chi connectivity index (χ3n) is 4.95. The van der Waals surface area contributed by atoms with E-state index in [4.69, 9.17) is 19.1 Å². The lowest BCUT2D eigenvalue weighted by molar-refractivity contribution is -0.00540. The van der Waals surface area contributed by atoms with Crippen LogP contribution in [0.25, 0.3) is 33.5 Å². The van der Waals surface area contributed by atoms with E-state index in [1.54, 1.807) is 0 Å². The van der Waals surface area contributed by atoms with Crippen molar-refractivity contribution in [3.8, 4) is 11.4 Å². The van der Waals surface area contributed by atoms with Crippen molar-refractivity contribution in [2.24, 2.45) is 0 Å². The van der Waals surface area contributed by atoms with Crippen LogP contribution in [-0.2, 0) is 4.74 Å². The molecule has 0 amide bonds. The molecule has 1 aliphatic rings. The first kappa shape index (κ1) is 16.3. The number of anilines is 1. The fraction of sp³-hybridized carbons (Fsp3) is 0.273. The van der Waals surface area contributed by atoms with Crippen molar-refractivity contribution in [3.63, 3.8) is 0 Å². The van der Waals surface area contributed by atoms with Crippen molar-refractivity contribution in [2.75, 3.05) is 18.0 Å². The molecule has 2 unspecified atom stereocenters. The minimum absolute atomic E-state index is 0.142. The van der Waals surface area contributed by atoms with Crippen LogP contribution in [0.2, 0.25) is 0 Å². The number of nitrogens with zero attached hydrogens (tertiary/aromatic N) is 3. The SMILES string of the molecule is CC1CN(c2nc(-c3ccccc3)nc3c2oc2ccccc23)CC(C)O1. The first-order valence-electron chi connectivity index (χ1n) is 9.34. The van der Waals surface area contributed by atoms with Gasteiger partial charge in [-0.05, 0) is 26.0 Å². The van der Waals surface area contributed by atoms with Gasteiger partial charge in [0.15, 0.2) is 17.2 Å². The van der Waals surface area contributed by atoms with Crippen LogP contribution in [0.1, 0.15) is 13.8 Å². The molecule has 5 heteroatoms. The zero-order valence-corrected chi connectivity index (χ0v) is 15.4. The van der Waals surface area contributed by atoms with Crippen LogP contribution in [0.3, 0.4) is 0 Å². The number of ether oxygens (including phenoxy) is 1. The van der Waals surface area contributed by atoms with Crippen molar-refractivity contribution in [1.82, 2.24) is 9.97 Å². The highest BCUT2D eigenvalue weighted by molar-refractivity contribution is 6.06. The number of hydrogen-bond acceptors (Lipinski definition) is 5. The van der Waals surface area contributed by atoms with Crippen LogP contribution in [0.4, 0.5) is 5.82 Å². The molecule has 0 spiro atoms. The number of benzene rings is 2. The summed E-state index contributed by atoms with van der Waals surface area (Å²) in [7, 11) is 0. The zero-order valence-electron chi connectivity index (χ0n) is 15.4. The molecule has 136 valence electrons. The summed E-state index contributed by atoms with van der Waals surface area (Å²) in [5.41, 5.74) is 3.45. The maximum Gasteiger partial charge on any atom is 0.196 e. The largest absolute Gasteiger partial charge is 0.450 e. The molecule has 0 radical (unpaired) electrons. The molecule has 1 aliphatic heterocycles. The maximum atomic E-state index is 6.19. The molecule has 2 atom stereocenters. The van der Waals surface area contributed by atoms with Crippen LogP contribution in [0.5, 0.6) is 0 Å². The normalized spacial score (nSPS) is 20.4.